The van der Waals surface area contributed by atoms with Gasteiger partial charge in [-0.05, 0) is 52.9 Å². The van der Waals surface area contributed by atoms with Crippen LogP contribution in [0.25, 0.3) is 33.7 Å². The zero-order valence-corrected chi connectivity index (χ0v) is 20.4. The molecule has 36 heavy (non-hydrogen) atoms. The minimum Gasteiger partial charge on any atom is -0.495 e. The third-order valence-electron chi connectivity index (χ3n) is 6.02. The van der Waals surface area contributed by atoms with E-state index in [0.717, 1.165) is 34.1 Å². The second kappa shape index (κ2) is 9.14. The smallest absolute Gasteiger partial charge is 0.332 e. The lowest BCUT2D eigenvalue weighted by Gasteiger charge is -2.17. The number of nitrogens with one attached hydrogen (secondary N) is 2. The van der Waals surface area contributed by atoms with E-state index in [1.165, 1.54) is 16.8 Å². The monoisotopic (exact) mass is 505 g/mol. The summed E-state index contributed by atoms with van der Waals surface area (Å²) in [6.45, 7) is 0.224. The van der Waals surface area contributed by atoms with Gasteiger partial charge in [0.1, 0.15) is 11.5 Å². The molecule has 0 bridgehead atoms. The van der Waals surface area contributed by atoms with Crippen molar-refractivity contribution in [2.75, 3.05) is 19.9 Å². The number of aromatic nitrogens is 2. The van der Waals surface area contributed by atoms with Crippen LogP contribution in [0.3, 0.4) is 0 Å². The first-order chi connectivity index (χ1) is 17.2. The van der Waals surface area contributed by atoms with Gasteiger partial charge >= 0.3 is 5.69 Å². The summed E-state index contributed by atoms with van der Waals surface area (Å²) in [5.74, 6) is 1.13. The van der Waals surface area contributed by atoms with Gasteiger partial charge in [-0.15, -0.1) is 0 Å². The summed E-state index contributed by atoms with van der Waals surface area (Å²) in [4.78, 5) is 26.4. The molecule has 184 valence electrons. The molecule has 2 aromatic carbocycles. The van der Waals surface area contributed by atoms with Crippen molar-refractivity contribution in [3.8, 4) is 33.9 Å². The van der Waals surface area contributed by atoms with Gasteiger partial charge < -0.3 is 9.15 Å². The molecule has 0 amide bonds. The maximum Gasteiger partial charge on any atom is 0.332 e. The molecule has 0 saturated carbocycles. The van der Waals surface area contributed by atoms with Crippen molar-refractivity contribution in [1.29, 1.82) is 0 Å². The molecule has 2 aromatic heterocycles. The molecule has 0 unspecified atom stereocenters. The third-order valence-corrected chi connectivity index (χ3v) is 6.69. The van der Waals surface area contributed by atoms with Gasteiger partial charge in [-0.3, -0.25) is 14.3 Å². The second-order valence-corrected chi connectivity index (χ2v) is 10.3. The molecule has 2 N–H and O–H groups in total. The highest BCUT2D eigenvalue weighted by molar-refractivity contribution is 7.88. The molecule has 0 aliphatic heterocycles. The third kappa shape index (κ3) is 4.56. The summed E-state index contributed by atoms with van der Waals surface area (Å²) in [6.07, 6.45) is 6.79. The molecular formula is C26H23N3O6S. The Balaban J connectivity index is 1.65. The summed E-state index contributed by atoms with van der Waals surface area (Å²) in [7, 11) is -1.73. The fraction of sp³-hybridized carbons (Fsp3) is 0.154. The topological polar surface area (TPSA) is 123 Å². The predicted molar refractivity (Wildman–Crippen MR) is 137 cm³/mol. The van der Waals surface area contributed by atoms with Gasteiger partial charge in [0.05, 0.1) is 30.9 Å². The number of rotatable bonds is 7. The van der Waals surface area contributed by atoms with E-state index in [0.29, 0.717) is 29.2 Å². The van der Waals surface area contributed by atoms with E-state index in [2.05, 4.69) is 9.71 Å². The van der Waals surface area contributed by atoms with Gasteiger partial charge in [0.2, 0.25) is 10.0 Å². The Morgan fingerprint density at radius 3 is 2.58 bits per heavy atom. The van der Waals surface area contributed by atoms with Crippen LogP contribution in [0.15, 0.2) is 81.1 Å². The zero-order chi connectivity index (χ0) is 25.4. The largest absolute Gasteiger partial charge is 0.495 e. The van der Waals surface area contributed by atoms with Crippen LogP contribution in [0.5, 0.6) is 5.75 Å². The van der Waals surface area contributed by atoms with Gasteiger partial charge in [0.25, 0.3) is 5.56 Å². The maximum atomic E-state index is 12.6. The number of nitrogens with zero attached hydrogens (tertiary/aromatic N) is 1. The van der Waals surface area contributed by atoms with E-state index in [1.54, 1.807) is 31.6 Å². The van der Waals surface area contributed by atoms with Crippen LogP contribution in [0.2, 0.25) is 0 Å². The summed E-state index contributed by atoms with van der Waals surface area (Å²) < 4.78 is 38.4. The molecule has 0 fully saturated rings. The number of furan rings is 1. The summed E-state index contributed by atoms with van der Waals surface area (Å²) in [5.41, 5.74) is 4.64. The van der Waals surface area contributed by atoms with Gasteiger partial charge in [-0.1, -0.05) is 24.3 Å². The molecular weight excluding hydrogens is 482 g/mol. The minimum absolute atomic E-state index is 0.224. The summed E-state index contributed by atoms with van der Waals surface area (Å²) in [6, 6.07) is 14.4. The number of hydrogen-bond donors (Lipinski definition) is 2. The highest BCUT2D eigenvalue weighted by atomic mass is 32.2. The van der Waals surface area contributed by atoms with E-state index >= 15 is 0 Å². The Bertz CT molecular complexity index is 1710. The highest BCUT2D eigenvalue weighted by Crippen LogP contribution is 2.42. The van der Waals surface area contributed by atoms with Crippen LogP contribution in [0.4, 0.5) is 0 Å². The molecule has 5 rings (SSSR count). The van der Waals surface area contributed by atoms with Crippen molar-refractivity contribution >= 4 is 15.6 Å². The SMILES string of the molecule is COc1c(-c2ccc3c(c2)CC=C3CNS(C)(=O)=O)cc(-n2ccc(=O)[nH]c2=O)cc1-c1ccco1. The minimum atomic E-state index is -3.30. The Kier molecular flexibility index (Phi) is 5.99. The van der Waals surface area contributed by atoms with Crippen molar-refractivity contribution in [3.05, 3.63) is 99.0 Å². The van der Waals surface area contributed by atoms with Crippen LogP contribution >= 0.6 is 0 Å². The first-order valence-electron chi connectivity index (χ1n) is 11.1. The number of H-pyrrole nitrogens is 1. The number of methoxy groups -OCH3 is 1. The lowest BCUT2D eigenvalue weighted by Crippen LogP contribution is -2.27. The maximum absolute atomic E-state index is 12.6. The van der Waals surface area contributed by atoms with Crippen LogP contribution in [-0.2, 0) is 16.4 Å². The molecule has 4 aromatic rings. The number of aromatic amines is 1. The van der Waals surface area contributed by atoms with Gasteiger partial charge in [-0.25, -0.2) is 17.9 Å². The lowest BCUT2D eigenvalue weighted by atomic mass is 9.95. The molecule has 0 saturated heterocycles. The Labute approximate surface area is 206 Å². The Morgan fingerprint density at radius 2 is 1.89 bits per heavy atom. The van der Waals surface area contributed by atoms with Crippen molar-refractivity contribution < 1.29 is 17.6 Å². The number of ether oxygens (including phenoxy) is 1. The van der Waals surface area contributed by atoms with Gasteiger partial charge in [0.15, 0.2) is 0 Å². The molecule has 1 aliphatic rings. The first-order valence-corrected chi connectivity index (χ1v) is 13.0. The average molecular weight is 506 g/mol. The standard InChI is InChI=1S/C26H23N3O6S/c1-34-25-21(17-7-8-20-16(12-17)5-6-18(20)15-27-36(2,32)33)13-19(14-22(25)23-4-3-11-35-23)29-10-9-24(30)28-26(29)31/h3-4,6-14,27H,5,15H2,1-2H3,(H,28,30,31). The normalized spacial score (nSPS) is 12.9. The molecule has 0 spiro atoms. The fourth-order valence-electron chi connectivity index (χ4n) is 4.39. The molecule has 10 heteroatoms. The van der Waals surface area contributed by atoms with E-state index < -0.39 is 21.3 Å². The van der Waals surface area contributed by atoms with Crippen molar-refractivity contribution in [2.45, 2.75) is 6.42 Å². The number of benzene rings is 2. The predicted octanol–water partition coefficient (Wildman–Crippen LogP) is 2.95. The van der Waals surface area contributed by atoms with Crippen LogP contribution in [-0.4, -0.2) is 37.9 Å². The number of sulfonamides is 1. The van der Waals surface area contributed by atoms with Gasteiger partial charge in [-0.2, -0.15) is 0 Å². The highest BCUT2D eigenvalue weighted by Gasteiger charge is 2.21. The van der Waals surface area contributed by atoms with Crippen LogP contribution in [0, 0.1) is 0 Å². The van der Waals surface area contributed by atoms with E-state index in [9.17, 15) is 18.0 Å². The molecule has 0 atom stereocenters. The number of fused-ring (bicyclic) bond motifs is 1. The van der Waals surface area contributed by atoms with Crippen molar-refractivity contribution in [2.24, 2.45) is 0 Å². The molecule has 1 aliphatic carbocycles. The van der Waals surface area contributed by atoms with E-state index in [4.69, 9.17) is 9.15 Å². The van der Waals surface area contributed by atoms with Crippen molar-refractivity contribution in [1.82, 2.24) is 14.3 Å². The van der Waals surface area contributed by atoms with E-state index in [-0.39, 0.29) is 6.54 Å². The fourth-order valence-corrected chi connectivity index (χ4v) is 4.80. The molecule has 0 radical (unpaired) electrons. The van der Waals surface area contributed by atoms with Gasteiger partial charge in [0, 0.05) is 24.4 Å². The zero-order valence-electron chi connectivity index (χ0n) is 19.6. The second-order valence-electron chi connectivity index (χ2n) is 8.43. The summed E-state index contributed by atoms with van der Waals surface area (Å²) >= 11 is 0. The number of allylic oxidation sites excluding steroid dienone is 1. The van der Waals surface area contributed by atoms with Crippen molar-refractivity contribution in [3.63, 3.8) is 0 Å². The van der Waals surface area contributed by atoms with E-state index in [1.807, 2.05) is 30.3 Å². The lowest BCUT2D eigenvalue weighted by molar-refractivity contribution is 0.416. The first kappa shape index (κ1) is 23.6. The number of hydrogen-bond acceptors (Lipinski definition) is 6. The summed E-state index contributed by atoms with van der Waals surface area (Å²) in [5, 5.41) is 0. The average Bonchev–Trinajstić information content (AvgIpc) is 3.51. The van der Waals surface area contributed by atoms with Crippen LogP contribution in [0.1, 0.15) is 11.1 Å². The van der Waals surface area contributed by atoms with Crippen LogP contribution < -0.4 is 20.7 Å². The molecule has 9 nitrogen and oxygen atoms in total. The Morgan fingerprint density at radius 1 is 1.08 bits per heavy atom. The quantitative estimate of drug-likeness (QED) is 0.398. The molecule has 2 heterocycles. The Hall–Kier alpha value is -4.15.